The number of sulfonamides is 1. The molecule has 11 nitrogen and oxygen atoms in total. The normalized spacial score (nSPS) is 14.8. The van der Waals surface area contributed by atoms with E-state index in [0.29, 0.717) is 17.1 Å². The third-order valence-corrected chi connectivity index (χ3v) is 9.80. The van der Waals surface area contributed by atoms with Gasteiger partial charge in [0.15, 0.2) is 11.5 Å². The standard InChI is InChI=1S/C36H47FN4O7S/c1-24(2)21-41(49(45,46)28-14-15-31-32(18-28)48-23-47-31)22-30(42)29(17-25-10-7-6-8-11-25)39-35(44)34(36(3,4)5)40-33(43)20-38-19-26-12-9-13-27(37)16-26/h6-16,18,24,29-30,34,38,42H,17,19-23H2,1-5H3,(H,39,44)(H,40,43). The molecule has 3 unspecified atom stereocenters. The number of carbonyl (C=O) groups excluding carboxylic acids is 2. The Hall–Kier alpha value is -4.04. The fraction of sp³-hybridized carbons (Fsp3) is 0.444. The summed E-state index contributed by atoms with van der Waals surface area (Å²) in [7, 11) is -4.09. The second-order valence-electron chi connectivity index (χ2n) is 13.7. The molecule has 4 rings (SSSR count). The molecule has 1 aliphatic heterocycles. The number of carbonyl (C=O) groups is 2. The van der Waals surface area contributed by atoms with E-state index < -0.39 is 45.4 Å². The highest BCUT2D eigenvalue weighted by molar-refractivity contribution is 7.89. The van der Waals surface area contributed by atoms with Gasteiger partial charge in [-0.15, -0.1) is 0 Å². The lowest BCUT2D eigenvalue weighted by atomic mass is 9.85. The Morgan fingerprint density at radius 3 is 2.29 bits per heavy atom. The summed E-state index contributed by atoms with van der Waals surface area (Å²) in [4.78, 5) is 26.9. The van der Waals surface area contributed by atoms with Gasteiger partial charge in [0.05, 0.1) is 23.6 Å². The Morgan fingerprint density at radius 2 is 1.61 bits per heavy atom. The van der Waals surface area contributed by atoms with Crippen LogP contribution in [0.1, 0.15) is 45.7 Å². The first kappa shape index (κ1) is 37.8. The second-order valence-corrected chi connectivity index (χ2v) is 15.6. The van der Waals surface area contributed by atoms with Crippen LogP contribution in [0.25, 0.3) is 0 Å². The zero-order chi connectivity index (χ0) is 35.8. The van der Waals surface area contributed by atoms with Crippen molar-refractivity contribution in [2.75, 3.05) is 26.4 Å². The van der Waals surface area contributed by atoms with E-state index in [1.165, 1.54) is 34.6 Å². The molecule has 0 radical (unpaired) electrons. The number of fused-ring (bicyclic) bond motifs is 1. The summed E-state index contributed by atoms with van der Waals surface area (Å²) in [5.41, 5.74) is 0.762. The second kappa shape index (κ2) is 16.6. The minimum atomic E-state index is -4.09. The molecule has 13 heteroatoms. The van der Waals surface area contributed by atoms with Crippen LogP contribution in [-0.2, 0) is 32.6 Å². The number of nitrogens with one attached hydrogen (secondary N) is 3. The van der Waals surface area contributed by atoms with E-state index in [-0.39, 0.29) is 56.0 Å². The number of amides is 2. The van der Waals surface area contributed by atoms with Crippen molar-refractivity contribution < 1.29 is 37.0 Å². The molecule has 0 saturated carbocycles. The molecule has 0 spiro atoms. The number of aliphatic hydroxyl groups is 1. The fourth-order valence-corrected chi connectivity index (χ4v) is 7.11. The molecule has 0 aromatic heterocycles. The fourth-order valence-electron chi connectivity index (χ4n) is 5.47. The first-order valence-corrected chi connectivity index (χ1v) is 17.7. The minimum Gasteiger partial charge on any atom is -0.454 e. The first-order chi connectivity index (χ1) is 23.1. The highest BCUT2D eigenvalue weighted by Crippen LogP contribution is 2.35. The van der Waals surface area contributed by atoms with E-state index in [1.54, 1.807) is 12.1 Å². The molecule has 0 fully saturated rings. The highest BCUT2D eigenvalue weighted by Gasteiger charge is 2.37. The van der Waals surface area contributed by atoms with Crippen molar-refractivity contribution in [3.05, 3.63) is 89.7 Å². The van der Waals surface area contributed by atoms with Gasteiger partial charge >= 0.3 is 0 Å². The predicted molar refractivity (Wildman–Crippen MR) is 184 cm³/mol. The maximum Gasteiger partial charge on any atom is 0.243 e. The monoisotopic (exact) mass is 698 g/mol. The van der Waals surface area contributed by atoms with E-state index in [0.717, 1.165) is 5.56 Å². The number of aliphatic hydroxyl groups excluding tert-OH is 1. The Morgan fingerprint density at radius 1 is 0.918 bits per heavy atom. The smallest absolute Gasteiger partial charge is 0.243 e. The summed E-state index contributed by atoms with van der Waals surface area (Å²) in [5, 5.41) is 20.4. The largest absolute Gasteiger partial charge is 0.454 e. The van der Waals surface area contributed by atoms with Crippen LogP contribution in [0.2, 0.25) is 0 Å². The molecule has 0 saturated heterocycles. The molecule has 3 aromatic rings. The summed E-state index contributed by atoms with van der Waals surface area (Å²) in [6.45, 7) is 9.12. The molecule has 4 N–H and O–H groups in total. The lowest BCUT2D eigenvalue weighted by molar-refractivity contribution is -0.132. The molecule has 1 heterocycles. The molecule has 49 heavy (non-hydrogen) atoms. The maximum absolute atomic E-state index is 13.9. The molecule has 3 aromatic carbocycles. The topological polar surface area (TPSA) is 146 Å². The van der Waals surface area contributed by atoms with E-state index in [4.69, 9.17) is 9.47 Å². The number of hydrogen-bond acceptors (Lipinski definition) is 8. The van der Waals surface area contributed by atoms with Crippen molar-refractivity contribution in [3.63, 3.8) is 0 Å². The van der Waals surface area contributed by atoms with E-state index >= 15 is 0 Å². The van der Waals surface area contributed by atoms with Crippen molar-refractivity contribution in [2.24, 2.45) is 11.3 Å². The molecule has 0 aliphatic carbocycles. The van der Waals surface area contributed by atoms with Crippen molar-refractivity contribution in [3.8, 4) is 11.5 Å². The Labute approximate surface area is 288 Å². The van der Waals surface area contributed by atoms with Gasteiger partial charge in [0.25, 0.3) is 0 Å². The Balaban J connectivity index is 1.52. The van der Waals surface area contributed by atoms with E-state index in [1.807, 2.05) is 65.0 Å². The number of rotatable bonds is 16. The van der Waals surface area contributed by atoms with Crippen LogP contribution in [0.4, 0.5) is 4.39 Å². The van der Waals surface area contributed by atoms with Gasteiger partial charge in [0, 0.05) is 25.7 Å². The Kier molecular flexibility index (Phi) is 12.8. The van der Waals surface area contributed by atoms with E-state index in [9.17, 15) is 27.5 Å². The zero-order valence-corrected chi connectivity index (χ0v) is 29.4. The summed E-state index contributed by atoms with van der Waals surface area (Å²) in [5.74, 6) is -0.654. The summed E-state index contributed by atoms with van der Waals surface area (Å²) in [6.07, 6.45) is -1.12. The van der Waals surface area contributed by atoms with Crippen molar-refractivity contribution >= 4 is 21.8 Å². The lowest BCUT2D eigenvalue weighted by Gasteiger charge is -2.34. The van der Waals surface area contributed by atoms with Crippen LogP contribution in [0.3, 0.4) is 0 Å². The van der Waals surface area contributed by atoms with Gasteiger partial charge in [-0.1, -0.05) is 77.1 Å². The predicted octanol–water partition coefficient (Wildman–Crippen LogP) is 3.61. The lowest BCUT2D eigenvalue weighted by Crippen LogP contribution is -2.59. The molecular formula is C36H47FN4O7S. The van der Waals surface area contributed by atoms with Gasteiger partial charge < -0.3 is 30.5 Å². The molecule has 2 amide bonds. The number of benzene rings is 3. The van der Waals surface area contributed by atoms with Crippen LogP contribution in [-0.4, -0.2) is 74.3 Å². The maximum atomic E-state index is 13.9. The third kappa shape index (κ3) is 10.7. The summed E-state index contributed by atoms with van der Waals surface area (Å²) < 4.78 is 53.3. The van der Waals surface area contributed by atoms with Crippen LogP contribution in [0, 0.1) is 17.2 Å². The van der Waals surface area contributed by atoms with Crippen LogP contribution >= 0.6 is 0 Å². The Bertz CT molecular complexity index is 1680. The molecular weight excluding hydrogens is 651 g/mol. The third-order valence-electron chi connectivity index (χ3n) is 7.97. The van der Waals surface area contributed by atoms with Gasteiger partial charge in [-0.05, 0) is 53.1 Å². The molecule has 0 bridgehead atoms. The quantitative estimate of drug-likeness (QED) is 0.178. The average molecular weight is 699 g/mol. The SMILES string of the molecule is CC(C)CN(CC(O)C(Cc1ccccc1)NC(=O)C(NC(=O)CNCc1cccc(F)c1)C(C)(C)C)S(=O)(=O)c1ccc2c(c1)OCO2. The number of hydrogen-bond donors (Lipinski definition) is 4. The van der Waals surface area contributed by atoms with Crippen molar-refractivity contribution in [2.45, 2.75) is 70.7 Å². The summed E-state index contributed by atoms with van der Waals surface area (Å²) >= 11 is 0. The molecule has 1 aliphatic rings. The van der Waals surface area contributed by atoms with E-state index in [2.05, 4.69) is 16.0 Å². The average Bonchev–Trinajstić information content (AvgIpc) is 3.51. The summed E-state index contributed by atoms with van der Waals surface area (Å²) in [6, 6.07) is 17.7. The zero-order valence-electron chi connectivity index (χ0n) is 28.6. The van der Waals surface area contributed by atoms with Crippen molar-refractivity contribution in [1.82, 2.24) is 20.3 Å². The van der Waals surface area contributed by atoms with Gasteiger partial charge in [-0.25, -0.2) is 12.8 Å². The van der Waals surface area contributed by atoms with Gasteiger partial charge in [0.1, 0.15) is 11.9 Å². The number of halogens is 1. The van der Waals surface area contributed by atoms with Gasteiger partial charge in [0.2, 0.25) is 28.6 Å². The van der Waals surface area contributed by atoms with Crippen LogP contribution < -0.4 is 25.4 Å². The number of ether oxygens (including phenoxy) is 2. The number of nitrogens with zero attached hydrogens (tertiary/aromatic N) is 1. The highest BCUT2D eigenvalue weighted by atomic mass is 32.2. The molecule has 266 valence electrons. The van der Waals surface area contributed by atoms with Crippen LogP contribution in [0.5, 0.6) is 11.5 Å². The minimum absolute atomic E-state index is 0.00441. The van der Waals surface area contributed by atoms with Gasteiger partial charge in [-0.2, -0.15) is 4.31 Å². The van der Waals surface area contributed by atoms with Crippen LogP contribution in [0.15, 0.2) is 77.7 Å². The molecule has 3 atom stereocenters. The van der Waals surface area contributed by atoms with Gasteiger partial charge in [-0.3, -0.25) is 9.59 Å². The first-order valence-electron chi connectivity index (χ1n) is 16.3. The van der Waals surface area contributed by atoms with Crippen molar-refractivity contribution in [1.29, 1.82) is 0 Å².